The molecule has 130 valence electrons. The monoisotopic (exact) mass is 349 g/mol. The fourth-order valence-corrected chi connectivity index (χ4v) is 2.94. The largest absolute Gasteiger partial charge is 0.342 e. The number of imidazole rings is 1. The van der Waals surface area contributed by atoms with Crippen molar-refractivity contribution in [2.45, 2.75) is 6.04 Å². The molecule has 4 rings (SSSR count). The van der Waals surface area contributed by atoms with E-state index in [1.54, 1.807) is 53.4 Å². The lowest BCUT2D eigenvalue weighted by Crippen LogP contribution is -2.21. The third-order valence-electron chi connectivity index (χ3n) is 4.23. The first-order valence-electron chi connectivity index (χ1n) is 8.11. The highest BCUT2D eigenvalue weighted by atomic mass is 19.1. The molecule has 2 aromatic carbocycles. The maximum Gasteiger partial charge on any atom is 0.260 e. The van der Waals surface area contributed by atoms with Crippen LogP contribution in [0.15, 0.2) is 65.7 Å². The number of nitrogens with zero attached hydrogens (tertiary/aromatic N) is 3. The molecular formula is C19H16FN5O. The highest BCUT2D eigenvalue weighted by Gasteiger charge is 2.22. The van der Waals surface area contributed by atoms with Crippen molar-refractivity contribution in [1.82, 2.24) is 19.5 Å². The Morgan fingerprint density at radius 3 is 2.69 bits per heavy atom. The van der Waals surface area contributed by atoms with Gasteiger partial charge in [0.25, 0.3) is 5.56 Å². The fraction of sp³-hybridized carbons (Fsp3) is 0.105. The zero-order chi connectivity index (χ0) is 18.1. The second-order valence-corrected chi connectivity index (χ2v) is 5.93. The Balaban J connectivity index is 1.82. The summed E-state index contributed by atoms with van der Waals surface area (Å²) in [7, 11) is 1.83. The summed E-state index contributed by atoms with van der Waals surface area (Å²) in [6, 6.07) is 12.9. The number of hydrogen-bond donors (Lipinski definition) is 2. The standard InChI is InChI=1S/C19H16FN5O/c1-25-11-10-21-17(25)16(12-6-2-4-8-14(12)20)23-19-22-15-9-5-3-7-13(15)18(26)24-19/h2-11,16H,1H3,(H2,22,23,24,26)/t16-/m1/s1. The molecule has 0 aliphatic carbocycles. The van der Waals surface area contributed by atoms with Crippen molar-refractivity contribution in [3.63, 3.8) is 0 Å². The zero-order valence-corrected chi connectivity index (χ0v) is 14.0. The molecule has 0 aliphatic heterocycles. The zero-order valence-electron chi connectivity index (χ0n) is 14.0. The average molecular weight is 349 g/mol. The normalized spacial score (nSPS) is 12.2. The number of para-hydroxylation sites is 1. The number of H-pyrrole nitrogens is 1. The van der Waals surface area contributed by atoms with E-state index in [0.29, 0.717) is 22.3 Å². The Morgan fingerprint density at radius 2 is 1.92 bits per heavy atom. The van der Waals surface area contributed by atoms with Crippen molar-refractivity contribution < 1.29 is 4.39 Å². The van der Waals surface area contributed by atoms with E-state index in [9.17, 15) is 9.18 Å². The van der Waals surface area contributed by atoms with E-state index >= 15 is 0 Å². The van der Waals surface area contributed by atoms with Crippen molar-refractivity contribution in [2.75, 3.05) is 5.32 Å². The molecule has 0 bridgehead atoms. The van der Waals surface area contributed by atoms with Crippen molar-refractivity contribution in [3.8, 4) is 0 Å². The molecular weight excluding hydrogens is 333 g/mol. The third kappa shape index (κ3) is 2.83. The van der Waals surface area contributed by atoms with Gasteiger partial charge >= 0.3 is 0 Å². The topological polar surface area (TPSA) is 75.6 Å². The Labute approximate surface area is 148 Å². The van der Waals surface area contributed by atoms with Crippen LogP contribution >= 0.6 is 0 Å². The van der Waals surface area contributed by atoms with E-state index in [0.717, 1.165) is 0 Å². The molecule has 1 atom stereocenters. The van der Waals surface area contributed by atoms with Gasteiger partial charge in [-0.3, -0.25) is 9.78 Å². The van der Waals surface area contributed by atoms with Gasteiger partial charge in [-0.1, -0.05) is 30.3 Å². The van der Waals surface area contributed by atoms with Gasteiger partial charge in [0.15, 0.2) is 0 Å². The minimum absolute atomic E-state index is 0.255. The number of benzene rings is 2. The number of halogens is 1. The number of aromatic amines is 1. The summed E-state index contributed by atoms with van der Waals surface area (Å²) in [5.41, 5.74) is 0.716. The van der Waals surface area contributed by atoms with Crippen LogP contribution < -0.4 is 10.9 Å². The molecule has 4 aromatic rings. The van der Waals surface area contributed by atoms with Crippen LogP contribution in [0.4, 0.5) is 10.3 Å². The third-order valence-corrected chi connectivity index (χ3v) is 4.23. The average Bonchev–Trinajstić information content (AvgIpc) is 3.06. The van der Waals surface area contributed by atoms with Gasteiger partial charge in [0.2, 0.25) is 5.95 Å². The fourth-order valence-electron chi connectivity index (χ4n) is 2.94. The molecule has 0 radical (unpaired) electrons. The number of rotatable bonds is 4. The molecule has 26 heavy (non-hydrogen) atoms. The summed E-state index contributed by atoms with van der Waals surface area (Å²) in [5.74, 6) is 0.493. The number of hydrogen-bond acceptors (Lipinski definition) is 4. The molecule has 0 saturated carbocycles. The SMILES string of the molecule is Cn1ccnc1[C@H](Nc1nc2ccccc2c(=O)[nH]1)c1ccccc1F. The first-order valence-corrected chi connectivity index (χ1v) is 8.11. The van der Waals surface area contributed by atoms with E-state index in [1.165, 1.54) is 6.07 Å². The van der Waals surface area contributed by atoms with E-state index in [4.69, 9.17) is 0 Å². The Bertz CT molecular complexity index is 1130. The van der Waals surface area contributed by atoms with E-state index in [2.05, 4.69) is 20.3 Å². The maximum absolute atomic E-state index is 14.4. The summed E-state index contributed by atoms with van der Waals surface area (Å²) >= 11 is 0. The molecule has 7 heteroatoms. The van der Waals surface area contributed by atoms with Crippen LogP contribution in [-0.2, 0) is 7.05 Å². The van der Waals surface area contributed by atoms with Gasteiger partial charge in [-0.25, -0.2) is 14.4 Å². The Kier molecular flexibility index (Phi) is 3.96. The number of aromatic nitrogens is 4. The second-order valence-electron chi connectivity index (χ2n) is 5.93. The number of anilines is 1. The minimum atomic E-state index is -0.611. The number of fused-ring (bicyclic) bond motifs is 1. The first-order chi connectivity index (χ1) is 12.6. The van der Waals surface area contributed by atoms with Crippen molar-refractivity contribution in [3.05, 3.63) is 88.5 Å². The molecule has 0 saturated heterocycles. The van der Waals surface area contributed by atoms with Gasteiger partial charge in [0, 0.05) is 25.0 Å². The van der Waals surface area contributed by atoms with Crippen molar-refractivity contribution >= 4 is 16.9 Å². The van der Waals surface area contributed by atoms with Gasteiger partial charge in [0.05, 0.1) is 10.9 Å². The van der Waals surface area contributed by atoms with Crippen LogP contribution in [0.2, 0.25) is 0 Å². The second kappa shape index (κ2) is 6.44. The van der Waals surface area contributed by atoms with Gasteiger partial charge in [-0.2, -0.15) is 0 Å². The predicted octanol–water partition coefficient (Wildman–Crippen LogP) is 3.00. The number of aryl methyl sites for hydroxylation is 1. The van der Waals surface area contributed by atoms with Crippen LogP contribution in [0.5, 0.6) is 0 Å². The summed E-state index contributed by atoms with van der Waals surface area (Å²) < 4.78 is 16.2. The highest BCUT2D eigenvalue weighted by molar-refractivity contribution is 5.78. The lowest BCUT2D eigenvalue weighted by Gasteiger charge is -2.20. The molecule has 0 spiro atoms. The van der Waals surface area contributed by atoms with E-state index < -0.39 is 6.04 Å². The molecule has 0 amide bonds. The van der Waals surface area contributed by atoms with E-state index in [-0.39, 0.29) is 17.3 Å². The molecule has 0 fully saturated rings. The van der Waals surface area contributed by atoms with Crippen LogP contribution in [0.3, 0.4) is 0 Å². The van der Waals surface area contributed by atoms with Crippen LogP contribution in [0.25, 0.3) is 10.9 Å². The molecule has 6 nitrogen and oxygen atoms in total. The molecule has 2 heterocycles. The molecule has 2 N–H and O–H groups in total. The van der Waals surface area contributed by atoms with Crippen LogP contribution in [-0.4, -0.2) is 19.5 Å². The van der Waals surface area contributed by atoms with Gasteiger partial charge in [-0.05, 0) is 18.2 Å². The lowest BCUT2D eigenvalue weighted by atomic mass is 10.1. The Morgan fingerprint density at radius 1 is 1.15 bits per heavy atom. The summed E-state index contributed by atoms with van der Waals surface area (Å²) in [6.07, 6.45) is 3.42. The van der Waals surface area contributed by atoms with E-state index in [1.807, 2.05) is 13.1 Å². The summed E-state index contributed by atoms with van der Waals surface area (Å²) in [4.78, 5) is 23.8. The van der Waals surface area contributed by atoms with Crippen LogP contribution in [0, 0.1) is 5.82 Å². The molecule has 0 aliphatic rings. The van der Waals surface area contributed by atoms with Crippen LogP contribution in [0.1, 0.15) is 17.4 Å². The summed E-state index contributed by atoms with van der Waals surface area (Å²) in [5, 5.41) is 3.62. The Hall–Kier alpha value is -3.48. The predicted molar refractivity (Wildman–Crippen MR) is 97.4 cm³/mol. The van der Waals surface area contributed by atoms with Gasteiger partial charge in [0.1, 0.15) is 17.7 Å². The van der Waals surface area contributed by atoms with Crippen molar-refractivity contribution in [1.29, 1.82) is 0 Å². The molecule has 0 unspecified atom stereocenters. The van der Waals surface area contributed by atoms with Gasteiger partial charge in [-0.15, -0.1) is 0 Å². The first kappa shape index (κ1) is 16.0. The maximum atomic E-state index is 14.4. The quantitative estimate of drug-likeness (QED) is 0.594. The molecule has 2 aromatic heterocycles. The highest BCUT2D eigenvalue weighted by Crippen LogP contribution is 2.26. The summed E-state index contributed by atoms with van der Waals surface area (Å²) in [6.45, 7) is 0. The minimum Gasteiger partial charge on any atom is -0.342 e. The lowest BCUT2D eigenvalue weighted by molar-refractivity contribution is 0.595. The number of nitrogens with one attached hydrogen (secondary N) is 2. The van der Waals surface area contributed by atoms with Gasteiger partial charge < -0.3 is 9.88 Å². The van der Waals surface area contributed by atoms with Crippen molar-refractivity contribution in [2.24, 2.45) is 7.05 Å². The smallest absolute Gasteiger partial charge is 0.260 e.